The Morgan fingerprint density at radius 2 is 2.00 bits per heavy atom. The zero-order chi connectivity index (χ0) is 10.1. The van der Waals surface area contributed by atoms with Crippen molar-refractivity contribution >= 4 is 11.6 Å². The fourth-order valence-electron chi connectivity index (χ4n) is 1.19. The molecule has 2 heteroatoms. The van der Waals surface area contributed by atoms with Gasteiger partial charge in [0.15, 0.2) is 0 Å². The summed E-state index contributed by atoms with van der Waals surface area (Å²) in [6.07, 6.45) is 0. The van der Waals surface area contributed by atoms with Gasteiger partial charge in [-0.3, -0.25) is 0 Å². The van der Waals surface area contributed by atoms with Gasteiger partial charge in [0, 0.05) is 5.02 Å². The Morgan fingerprint density at radius 1 is 1.38 bits per heavy atom. The molecule has 0 amide bonds. The summed E-state index contributed by atoms with van der Waals surface area (Å²) in [6, 6.07) is 8.01. The van der Waals surface area contributed by atoms with E-state index in [0.29, 0.717) is 5.02 Å². The number of hydrogen-bond acceptors (Lipinski definition) is 1. The van der Waals surface area contributed by atoms with Crippen molar-refractivity contribution in [2.75, 3.05) is 0 Å². The van der Waals surface area contributed by atoms with E-state index in [2.05, 4.69) is 6.07 Å². The topological polar surface area (TPSA) is 23.8 Å². The number of nitrogens with zero attached hydrogens (tertiary/aromatic N) is 1. The lowest BCUT2D eigenvalue weighted by Gasteiger charge is -2.17. The highest BCUT2D eigenvalue weighted by molar-refractivity contribution is 6.31. The van der Waals surface area contributed by atoms with E-state index in [1.165, 1.54) is 0 Å². The van der Waals surface area contributed by atoms with E-state index >= 15 is 0 Å². The van der Waals surface area contributed by atoms with Gasteiger partial charge < -0.3 is 0 Å². The van der Waals surface area contributed by atoms with Crippen molar-refractivity contribution in [2.45, 2.75) is 26.2 Å². The SMILES string of the molecule is Cc1ccc(C(C)(C)C#N)c(Cl)c1. The first-order valence-corrected chi connectivity index (χ1v) is 4.53. The van der Waals surface area contributed by atoms with Crippen LogP contribution in [0.3, 0.4) is 0 Å². The van der Waals surface area contributed by atoms with Crippen LogP contribution in [0.25, 0.3) is 0 Å². The van der Waals surface area contributed by atoms with Crippen molar-refractivity contribution in [3.8, 4) is 6.07 Å². The molecule has 0 N–H and O–H groups in total. The van der Waals surface area contributed by atoms with Gasteiger partial charge >= 0.3 is 0 Å². The van der Waals surface area contributed by atoms with Crippen LogP contribution >= 0.6 is 11.6 Å². The second-order valence-electron chi connectivity index (χ2n) is 3.72. The van der Waals surface area contributed by atoms with E-state index in [1.807, 2.05) is 39.0 Å². The lowest BCUT2D eigenvalue weighted by Crippen LogP contribution is -2.14. The highest BCUT2D eigenvalue weighted by atomic mass is 35.5. The standard InChI is InChI=1S/C11H12ClN/c1-8-4-5-9(10(12)6-8)11(2,3)7-13/h4-6H,1-3H3. The fraction of sp³-hybridized carbons (Fsp3) is 0.364. The smallest absolute Gasteiger partial charge is 0.0780 e. The summed E-state index contributed by atoms with van der Waals surface area (Å²) in [5.41, 5.74) is 1.50. The van der Waals surface area contributed by atoms with Gasteiger partial charge in [-0.2, -0.15) is 5.26 Å². The average molecular weight is 194 g/mol. The number of rotatable bonds is 1. The predicted molar refractivity (Wildman–Crippen MR) is 54.8 cm³/mol. The molecule has 0 aliphatic rings. The van der Waals surface area contributed by atoms with Gasteiger partial charge in [0.2, 0.25) is 0 Å². The molecule has 0 unspecified atom stereocenters. The van der Waals surface area contributed by atoms with Crippen molar-refractivity contribution < 1.29 is 0 Å². The normalized spacial score (nSPS) is 11.0. The number of halogens is 1. The Kier molecular flexibility index (Phi) is 2.63. The molecule has 0 atom stereocenters. The molecule has 0 saturated heterocycles. The van der Waals surface area contributed by atoms with Gasteiger partial charge in [-0.05, 0) is 38.0 Å². The van der Waals surface area contributed by atoms with Gasteiger partial charge in [-0.15, -0.1) is 0 Å². The molecule has 68 valence electrons. The number of aryl methyl sites for hydroxylation is 1. The largest absolute Gasteiger partial charge is 0.197 e. The van der Waals surface area contributed by atoms with Crippen LogP contribution < -0.4 is 0 Å². The summed E-state index contributed by atoms with van der Waals surface area (Å²) in [5.74, 6) is 0. The van der Waals surface area contributed by atoms with Gasteiger partial charge in [-0.1, -0.05) is 23.7 Å². The molecule has 0 saturated carbocycles. The summed E-state index contributed by atoms with van der Waals surface area (Å²) in [5, 5.41) is 9.61. The Morgan fingerprint density at radius 3 is 2.46 bits per heavy atom. The van der Waals surface area contributed by atoms with Gasteiger partial charge in [-0.25, -0.2) is 0 Å². The first-order valence-electron chi connectivity index (χ1n) is 4.15. The summed E-state index contributed by atoms with van der Waals surface area (Å²) >= 11 is 6.04. The van der Waals surface area contributed by atoms with Gasteiger partial charge in [0.1, 0.15) is 0 Å². The minimum atomic E-state index is -0.509. The molecule has 1 aromatic carbocycles. The molecule has 0 aliphatic carbocycles. The molecular formula is C11H12ClN. The van der Waals surface area contributed by atoms with Crippen LogP contribution in [0.2, 0.25) is 5.02 Å². The van der Waals surface area contributed by atoms with E-state index in [-0.39, 0.29) is 0 Å². The minimum Gasteiger partial charge on any atom is -0.197 e. The molecule has 0 fully saturated rings. The van der Waals surface area contributed by atoms with Crippen LogP contribution in [0, 0.1) is 18.3 Å². The molecular weight excluding hydrogens is 182 g/mol. The summed E-state index contributed by atoms with van der Waals surface area (Å²) in [7, 11) is 0. The van der Waals surface area contributed by atoms with Crippen LogP contribution in [0.15, 0.2) is 18.2 Å². The third-order valence-electron chi connectivity index (χ3n) is 2.08. The molecule has 0 radical (unpaired) electrons. The van der Waals surface area contributed by atoms with Crippen molar-refractivity contribution in [1.29, 1.82) is 5.26 Å². The van der Waals surface area contributed by atoms with Crippen molar-refractivity contribution in [1.82, 2.24) is 0 Å². The zero-order valence-electron chi connectivity index (χ0n) is 8.06. The highest BCUT2D eigenvalue weighted by Gasteiger charge is 2.22. The maximum absolute atomic E-state index is 8.93. The highest BCUT2D eigenvalue weighted by Crippen LogP contribution is 2.29. The number of benzene rings is 1. The molecule has 1 nitrogen and oxygen atoms in total. The van der Waals surface area contributed by atoms with E-state index in [9.17, 15) is 0 Å². The minimum absolute atomic E-state index is 0.509. The molecule has 0 aromatic heterocycles. The fourth-order valence-corrected chi connectivity index (χ4v) is 1.66. The lowest BCUT2D eigenvalue weighted by atomic mass is 9.86. The Labute approximate surface area is 84.0 Å². The van der Waals surface area contributed by atoms with Gasteiger partial charge in [0.25, 0.3) is 0 Å². The molecule has 1 rings (SSSR count). The molecule has 0 aliphatic heterocycles. The average Bonchev–Trinajstić information content (AvgIpc) is 2.03. The lowest BCUT2D eigenvalue weighted by molar-refractivity contribution is 0.687. The molecule has 0 heterocycles. The van der Waals surface area contributed by atoms with Crippen LogP contribution in [-0.4, -0.2) is 0 Å². The quantitative estimate of drug-likeness (QED) is 0.670. The van der Waals surface area contributed by atoms with E-state index in [1.54, 1.807) is 0 Å². The maximum Gasteiger partial charge on any atom is 0.0780 e. The first kappa shape index (κ1) is 10.1. The third-order valence-corrected chi connectivity index (χ3v) is 2.39. The molecule has 0 spiro atoms. The molecule has 13 heavy (non-hydrogen) atoms. The summed E-state index contributed by atoms with van der Waals surface area (Å²) in [4.78, 5) is 0. The zero-order valence-corrected chi connectivity index (χ0v) is 8.81. The summed E-state index contributed by atoms with van der Waals surface area (Å²) < 4.78 is 0. The number of hydrogen-bond donors (Lipinski definition) is 0. The second-order valence-corrected chi connectivity index (χ2v) is 4.13. The van der Waals surface area contributed by atoms with Crippen LogP contribution in [0.4, 0.5) is 0 Å². The monoisotopic (exact) mass is 193 g/mol. The molecule has 1 aromatic rings. The van der Waals surface area contributed by atoms with Crippen LogP contribution in [-0.2, 0) is 5.41 Å². The van der Waals surface area contributed by atoms with Crippen LogP contribution in [0.5, 0.6) is 0 Å². The van der Waals surface area contributed by atoms with Crippen molar-refractivity contribution in [2.24, 2.45) is 0 Å². The van der Waals surface area contributed by atoms with E-state index < -0.39 is 5.41 Å². The first-order chi connectivity index (χ1) is 5.97. The van der Waals surface area contributed by atoms with Crippen molar-refractivity contribution in [3.63, 3.8) is 0 Å². The summed E-state index contributed by atoms with van der Waals surface area (Å²) in [6.45, 7) is 5.71. The third kappa shape index (κ3) is 2.02. The maximum atomic E-state index is 8.93. The van der Waals surface area contributed by atoms with E-state index in [4.69, 9.17) is 16.9 Å². The predicted octanol–water partition coefficient (Wildman–Crippen LogP) is 3.45. The number of nitriles is 1. The Balaban J connectivity index is 3.26. The molecule has 0 bridgehead atoms. The van der Waals surface area contributed by atoms with Gasteiger partial charge in [0.05, 0.1) is 11.5 Å². The van der Waals surface area contributed by atoms with E-state index in [0.717, 1.165) is 11.1 Å². The van der Waals surface area contributed by atoms with Crippen molar-refractivity contribution in [3.05, 3.63) is 34.3 Å². The Bertz CT molecular complexity index is 361. The Hall–Kier alpha value is -1.00. The van der Waals surface area contributed by atoms with Crippen LogP contribution in [0.1, 0.15) is 25.0 Å². The second kappa shape index (κ2) is 3.40.